The summed E-state index contributed by atoms with van der Waals surface area (Å²) in [6.07, 6.45) is 2.86. The lowest BCUT2D eigenvalue weighted by Crippen LogP contribution is -2.34. The van der Waals surface area contributed by atoms with E-state index in [0.29, 0.717) is 0 Å². The van der Waals surface area contributed by atoms with Crippen molar-refractivity contribution in [2.24, 2.45) is 0 Å². The Morgan fingerprint density at radius 1 is 1.62 bits per heavy atom. The number of carbonyl (C=O) groups excluding carboxylic acids is 1. The molecule has 4 heteroatoms. The second-order valence-corrected chi connectivity index (χ2v) is 3.05. The molecule has 0 aromatic rings. The molecule has 1 rings (SSSR count). The van der Waals surface area contributed by atoms with Crippen molar-refractivity contribution in [2.45, 2.75) is 6.42 Å². The van der Waals surface area contributed by atoms with Gasteiger partial charge < -0.3 is 15.5 Å². The summed E-state index contributed by atoms with van der Waals surface area (Å²) in [5.74, 6) is 0. The number of amides is 2. The Kier molecular flexibility index (Phi) is 4.32. The highest BCUT2D eigenvalue weighted by Gasteiger charge is 2.17. The van der Waals surface area contributed by atoms with E-state index >= 15 is 0 Å². The maximum absolute atomic E-state index is 11.1. The van der Waals surface area contributed by atoms with Crippen LogP contribution in [0.2, 0.25) is 0 Å². The summed E-state index contributed by atoms with van der Waals surface area (Å²) in [4.78, 5) is 12.9. The molecule has 0 unspecified atom stereocenters. The minimum atomic E-state index is 0.0607. The lowest BCUT2D eigenvalue weighted by molar-refractivity contribution is 0.217. The first kappa shape index (κ1) is 10.1. The molecule has 2 amide bonds. The second-order valence-electron chi connectivity index (χ2n) is 3.05. The average molecular weight is 183 g/mol. The van der Waals surface area contributed by atoms with Gasteiger partial charge in [-0.3, -0.25) is 0 Å². The smallest absolute Gasteiger partial charge is 0.317 e. The van der Waals surface area contributed by atoms with Crippen LogP contribution < -0.4 is 10.6 Å². The van der Waals surface area contributed by atoms with Crippen LogP contribution in [0, 0.1) is 0 Å². The van der Waals surface area contributed by atoms with E-state index in [0.717, 1.165) is 39.1 Å². The Bertz CT molecular complexity index is 182. The highest BCUT2D eigenvalue weighted by atomic mass is 16.2. The molecule has 13 heavy (non-hydrogen) atoms. The fourth-order valence-corrected chi connectivity index (χ4v) is 1.27. The van der Waals surface area contributed by atoms with Crippen LogP contribution in [0.3, 0.4) is 0 Å². The molecule has 1 aliphatic rings. The Balaban J connectivity index is 1.99. The maximum atomic E-state index is 11.1. The van der Waals surface area contributed by atoms with Crippen molar-refractivity contribution in [3.8, 4) is 0 Å². The fourth-order valence-electron chi connectivity index (χ4n) is 1.27. The molecular formula is C9H17N3O. The first-order valence-electron chi connectivity index (χ1n) is 4.69. The van der Waals surface area contributed by atoms with Crippen molar-refractivity contribution < 1.29 is 4.79 Å². The monoisotopic (exact) mass is 183 g/mol. The van der Waals surface area contributed by atoms with Gasteiger partial charge in [0.1, 0.15) is 0 Å². The Morgan fingerprint density at radius 2 is 2.46 bits per heavy atom. The molecule has 4 nitrogen and oxygen atoms in total. The van der Waals surface area contributed by atoms with E-state index < -0.39 is 0 Å². The van der Waals surface area contributed by atoms with Gasteiger partial charge in [-0.05, 0) is 13.0 Å². The molecule has 74 valence electrons. The molecular weight excluding hydrogens is 166 g/mol. The van der Waals surface area contributed by atoms with Crippen LogP contribution in [0.25, 0.3) is 0 Å². The van der Waals surface area contributed by atoms with E-state index in [9.17, 15) is 4.79 Å². The van der Waals surface area contributed by atoms with Crippen LogP contribution in [0.15, 0.2) is 12.7 Å². The molecule has 1 fully saturated rings. The summed E-state index contributed by atoms with van der Waals surface area (Å²) >= 11 is 0. The summed E-state index contributed by atoms with van der Waals surface area (Å²) < 4.78 is 0. The van der Waals surface area contributed by atoms with Crippen molar-refractivity contribution >= 4 is 6.03 Å². The van der Waals surface area contributed by atoms with Crippen LogP contribution in [0.4, 0.5) is 4.79 Å². The van der Waals surface area contributed by atoms with Gasteiger partial charge in [-0.15, -0.1) is 6.58 Å². The lowest BCUT2D eigenvalue weighted by Gasteiger charge is -2.13. The summed E-state index contributed by atoms with van der Waals surface area (Å²) in [5, 5.41) is 6.01. The number of hydrogen-bond donors (Lipinski definition) is 2. The number of urea groups is 1. The number of nitrogens with zero attached hydrogens (tertiary/aromatic N) is 1. The molecule has 0 atom stereocenters. The Morgan fingerprint density at radius 3 is 3.08 bits per heavy atom. The van der Waals surface area contributed by atoms with Crippen molar-refractivity contribution in [3.05, 3.63) is 12.7 Å². The van der Waals surface area contributed by atoms with E-state index in [1.807, 2.05) is 11.0 Å². The van der Waals surface area contributed by atoms with Crippen molar-refractivity contribution in [2.75, 3.05) is 32.7 Å². The van der Waals surface area contributed by atoms with E-state index in [1.165, 1.54) is 0 Å². The highest BCUT2D eigenvalue weighted by molar-refractivity contribution is 5.76. The maximum Gasteiger partial charge on any atom is 0.317 e. The molecule has 2 N–H and O–H groups in total. The van der Waals surface area contributed by atoms with E-state index in [1.54, 1.807) is 0 Å². The standard InChI is InChI=1S/C9H17N3O/c1-2-3-4-10-5-7-12-8-6-11-9(12)13/h2,10H,1,3-8H2,(H,11,13). The normalized spacial score (nSPS) is 16.0. The van der Waals surface area contributed by atoms with Crippen LogP contribution >= 0.6 is 0 Å². The minimum absolute atomic E-state index is 0.0607. The van der Waals surface area contributed by atoms with Gasteiger partial charge >= 0.3 is 6.03 Å². The third kappa shape index (κ3) is 3.46. The third-order valence-electron chi connectivity index (χ3n) is 2.03. The summed E-state index contributed by atoms with van der Waals surface area (Å²) in [6, 6.07) is 0.0607. The fraction of sp³-hybridized carbons (Fsp3) is 0.667. The average Bonchev–Trinajstić information content (AvgIpc) is 2.52. The molecule has 1 aliphatic heterocycles. The molecule has 0 aromatic carbocycles. The van der Waals surface area contributed by atoms with Crippen LogP contribution in [0.5, 0.6) is 0 Å². The topological polar surface area (TPSA) is 44.4 Å². The molecule has 1 heterocycles. The summed E-state index contributed by atoms with van der Waals surface area (Å²) in [6.45, 7) is 7.85. The molecule has 0 saturated carbocycles. The highest BCUT2D eigenvalue weighted by Crippen LogP contribution is 1.94. The Labute approximate surface area is 79.0 Å². The van der Waals surface area contributed by atoms with Crippen molar-refractivity contribution in [1.82, 2.24) is 15.5 Å². The largest absolute Gasteiger partial charge is 0.336 e. The first-order valence-corrected chi connectivity index (χ1v) is 4.69. The molecule has 0 radical (unpaired) electrons. The van der Waals surface area contributed by atoms with Crippen LogP contribution in [0.1, 0.15) is 6.42 Å². The van der Waals surface area contributed by atoms with Gasteiger partial charge in [-0.25, -0.2) is 4.79 Å². The number of nitrogens with one attached hydrogen (secondary N) is 2. The molecule has 0 aliphatic carbocycles. The second kappa shape index (κ2) is 5.59. The minimum Gasteiger partial charge on any atom is -0.336 e. The zero-order valence-electron chi connectivity index (χ0n) is 7.88. The Hall–Kier alpha value is -1.03. The predicted molar refractivity (Wildman–Crippen MR) is 52.7 cm³/mol. The first-order chi connectivity index (χ1) is 6.34. The van der Waals surface area contributed by atoms with Gasteiger partial charge in [0, 0.05) is 26.2 Å². The SMILES string of the molecule is C=CCCNCCN1CCNC1=O. The quantitative estimate of drug-likeness (QED) is 0.455. The molecule has 0 spiro atoms. The van der Waals surface area contributed by atoms with Gasteiger partial charge in [0.25, 0.3) is 0 Å². The summed E-state index contributed by atoms with van der Waals surface area (Å²) in [5.41, 5.74) is 0. The molecule has 1 saturated heterocycles. The van der Waals surface area contributed by atoms with E-state index in [-0.39, 0.29) is 6.03 Å². The number of hydrogen-bond acceptors (Lipinski definition) is 2. The summed E-state index contributed by atoms with van der Waals surface area (Å²) in [7, 11) is 0. The van der Waals surface area contributed by atoms with Gasteiger partial charge in [0.2, 0.25) is 0 Å². The van der Waals surface area contributed by atoms with Gasteiger partial charge in [0.05, 0.1) is 0 Å². The third-order valence-corrected chi connectivity index (χ3v) is 2.03. The van der Waals surface area contributed by atoms with E-state index in [2.05, 4.69) is 17.2 Å². The van der Waals surface area contributed by atoms with Gasteiger partial charge in [0.15, 0.2) is 0 Å². The van der Waals surface area contributed by atoms with Crippen molar-refractivity contribution in [1.29, 1.82) is 0 Å². The molecule has 0 aromatic heterocycles. The van der Waals surface area contributed by atoms with E-state index in [4.69, 9.17) is 0 Å². The van der Waals surface area contributed by atoms with Crippen molar-refractivity contribution in [3.63, 3.8) is 0 Å². The predicted octanol–water partition coefficient (Wildman–Crippen LogP) is 0.177. The zero-order valence-corrected chi connectivity index (χ0v) is 7.88. The van der Waals surface area contributed by atoms with Gasteiger partial charge in [-0.2, -0.15) is 0 Å². The zero-order chi connectivity index (χ0) is 9.52. The van der Waals surface area contributed by atoms with Gasteiger partial charge in [-0.1, -0.05) is 6.08 Å². The number of carbonyl (C=O) groups is 1. The lowest BCUT2D eigenvalue weighted by atomic mass is 10.4. The van der Waals surface area contributed by atoms with Crippen LogP contribution in [-0.2, 0) is 0 Å². The molecule has 0 bridgehead atoms. The number of rotatable bonds is 6. The van der Waals surface area contributed by atoms with Crippen LogP contribution in [-0.4, -0.2) is 43.7 Å².